The molecule has 0 saturated heterocycles. The zero-order valence-corrected chi connectivity index (χ0v) is 17.6. The maximum atomic E-state index is 12.7. The molecule has 156 valence electrons. The van der Waals surface area contributed by atoms with E-state index in [4.69, 9.17) is 4.42 Å². The van der Waals surface area contributed by atoms with Crippen molar-refractivity contribution in [1.82, 2.24) is 10.2 Å². The van der Waals surface area contributed by atoms with Crippen LogP contribution in [0.1, 0.15) is 21.7 Å². The first-order valence-corrected chi connectivity index (χ1v) is 10.1. The predicted octanol–water partition coefficient (Wildman–Crippen LogP) is 4.45. The Morgan fingerprint density at radius 2 is 1.65 bits per heavy atom. The average molecular weight is 412 g/mol. The molecule has 0 spiro atoms. The largest absolute Gasteiger partial charge is 0.451 e. The average Bonchev–Trinajstić information content (AvgIpc) is 2.78. The second-order valence-electron chi connectivity index (χ2n) is 7.75. The van der Waals surface area contributed by atoms with Gasteiger partial charge in [-0.2, -0.15) is 0 Å². The van der Waals surface area contributed by atoms with Crippen molar-refractivity contribution in [3.8, 4) is 11.1 Å². The lowest BCUT2D eigenvalue weighted by Gasteiger charge is -2.13. The third-order valence-electron chi connectivity index (χ3n) is 5.08. The zero-order valence-electron chi connectivity index (χ0n) is 17.6. The van der Waals surface area contributed by atoms with Crippen molar-refractivity contribution in [2.24, 2.45) is 0 Å². The van der Waals surface area contributed by atoms with Crippen molar-refractivity contribution in [3.05, 3.63) is 106 Å². The van der Waals surface area contributed by atoms with Crippen molar-refractivity contribution in [3.63, 3.8) is 0 Å². The summed E-state index contributed by atoms with van der Waals surface area (Å²) < 4.78 is 5.64. The highest BCUT2D eigenvalue weighted by Crippen LogP contribution is 2.24. The smallest absolute Gasteiger partial charge is 0.287 e. The maximum Gasteiger partial charge on any atom is 0.287 e. The Hall–Kier alpha value is -3.70. The fourth-order valence-corrected chi connectivity index (χ4v) is 3.59. The van der Waals surface area contributed by atoms with E-state index in [1.165, 1.54) is 11.6 Å². The van der Waals surface area contributed by atoms with E-state index in [-0.39, 0.29) is 11.2 Å². The van der Waals surface area contributed by atoms with Crippen molar-refractivity contribution in [2.45, 2.75) is 13.1 Å². The number of amides is 1. The number of fused-ring (bicyclic) bond motifs is 1. The first kappa shape index (κ1) is 20.6. The summed E-state index contributed by atoms with van der Waals surface area (Å²) in [6.45, 7) is 1.21. The summed E-state index contributed by atoms with van der Waals surface area (Å²) in [5, 5.41) is 3.34. The Labute approximate surface area is 180 Å². The van der Waals surface area contributed by atoms with E-state index in [1.807, 2.05) is 38.4 Å². The van der Waals surface area contributed by atoms with Crippen LogP contribution < -0.4 is 10.7 Å². The van der Waals surface area contributed by atoms with Gasteiger partial charge in [0.1, 0.15) is 5.58 Å². The van der Waals surface area contributed by atoms with Gasteiger partial charge in [0.25, 0.3) is 5.91 Å². The first-order valence-electron chi connectivity index (χ1n) is 10.1. The van der Waals surface area contributed by atoms with Gasteiger partial charge in [0, 0.05) is 19.2 Å². The van der Waals surface area contributed by atoms with Gasteiger partial charge in [-0.15, -0.1) is 0 Å². The molecule has 0 bridgehead atoms. The van der Waals surface area contributed by atoms with Gasteiger partial charge < -0.3 is 14.6 Å². The molecule has 5 nitrogen and oxygen atoms in total. The molecular formula is C26H24N2O3. The monoisotopic (exact) mass is 412 g/mol. The number of hydrogen-bond donors (Lipinski definition) is 1. The minimum atomic E-state index is -0.418. The van der Waals surface area contributed by atoms with E-state index < -0.39 is 5.91 Å². The molecule has 1 N–H and O–H groups in total. The minimum Gasteiger partial charge on any atom is -0.451 e. The Kier molecular flexibility index (Phi) is 5.96. The fourth-order valence-electron chi connectivity index (χ4n) is 3.59. The molecule has 1 heterocycles. The van der Waals surface area contributed by atoms with Crippen LogP contribution in [0.15, 0.2) is 88.1 Å². The molecule has 0 aliphatic rings. The summed E-state index contributed by atoms with van der Waals surface area (Å²) in [5.41, 5.74) is 4.54. The van der Waals surface area contributed by atoms with Crippen molar-refractivity contribution in [2.75, 3.05) is 14.1 Å². The molecule has 3 aromatic carbocycles. The van der Waals surface area contributed by atoms with E-state index >= 15 is 0 Å². The SMILES string of the molecule is CN(C)Cc1ccc(-c2ccccc2CNC(=O)c2cc(=O)c3ccccc3o2)cc1. The molecule has 4 aromatic rings. The zero-order chi connectivity index (χ0) is 21.8. The van der Waals surface area contributed by atoms with Gasteiger partial charge in [-0.05, 0) is 48.5 Å². The van der Waals surface area contributed by atoms with Gasteiger partial charge in [0.15, 0.2) is 11.2 Å². The molecule has 5 heteroatoms. The van der Waals surface area contributed by atoms with Gasteiger partial charge in [0.05, 0.1) is 5.39 Å². The maximum absolute atomic E-state index is 12.7. The summed E-state index contributed by atoms with van der Waals surface area (Å²) in [4.78, 5) is 27.1. The molecule has 0 aliphatic carbocycles. The summed E-state index contributed by atoms with van der Waals surface area (Å²) in [6, 6.07) is 24.5. The third kappa shape index (κ3) is 4.73. The molecule has 0 atom stereocenters. The van der Waals surface area contributed by atoms with E-state index in [0.717, 1.165) is 23.2 Å². The fraction of sp³-hybridized carbons (Fsp3) is 0.154. The predicted molar refractivity (Wildman–Crippen MR) is 123 cm³/mol. The quantitative estimate of drug-likeness (QED) is 0.508. The Morgan fingerprint density at radius 1 is 0.935 bits per heavy atom. The second-order valence-corrected chi connectivity index (χ2v) is 7.75. The third-order valence-corrected chi connectivity index (χ3v) is 5.08. The molecule has 0 aliphatic heterocycles. The van der Waals surface area contributed by atoms with Crippen molar-refractivity contribution < 1.29 is 9.21 Å². The van der Waals surface area contributed by atoms with Crippen LogP contribution in [0.2, 0.25) is 0 Å². The van der Waals surface area contributed by atoms with Crippen LogP contribution in [0.4, 0.5) is 0 Å². The number of nitrogens with zero attached hydrogens (tertiary/aromatic N) is 1. The molecule has 0 radical (unpaired) electrons. The van der Waals surface area contributed by atoms with Crippen LogP contribution in [0.5, 0.6) is 0 Å². The molecule has 0 unspecified atom stereocenters. The second kappa shape index (κ2) is 8.98. The highest BCUT2D eigenvalue weighted by atomic mass is 16.3. The number of para-hydroxylation sites is 1. The summed E-state index contributed by atoms with van der Waals surface area (Å²) in [6.07, 6.45) is 0. The van der Waals surface area contributed by atoms with Crippen molar-refractivity contribution >= 4 is 16.9 Å². The lowest BCUT2D eigenvalue weighted by molar-refractivity contribution is 0.0924. The highest BCUT2D eigenvalue weighted by Gasteiger charge is 2.13. The molecule has 0 saturated carbocycles. The number of nitrogens with one attached hydrogen (secondary N) is 1. The number of carbonyl (C=O) groups is 1. The number of carbonyl (C=O) groups excluding carboxylic acids is 1. The van der Waals surface area contributed by atoms with Gasteiger partial charge in [-0.1, -0.05) is 60.7 Å². The Balaban J connectivity index is 1.53. The standard InChI is InChI=1S/C26H24N2O3/c1-28(2)17-18-11-13-19(14-12-18)21-8-4-3-7-20(21)16-27-26(30)25-15-23(29)22-9-5-6-10-24(22)31-25/h3-15H,16-17H2,1-2H3,(H,27,30). The van der Waals surface area contributed by atoms with Crippen LogP contribution in [-0.4, -0.2) is 24.9 Å². The lowest BCUT2D eigenvalue weighted by Crippen LogP contribution is -2.24. The number of benzene rings is 3. The topological polar surface area (TPSA) is 62.6 Å². The minimum absolute atomic E-state index is 0.00854. The number of hydrogen-bond acceptors (Lipinski definition) is 4. The molecule has 0 fully saturated rings. The van der Waals surface area contributed by atoms with Crippen LogP contribution in [0, 0.1) is 0 Å². The lowest BCUT2D eigenvalue weighted by atomic mass is 9.98. The van der Waals surface area contributed by atoms with Crippen molar-refractivity contribution in [1.29, 1.82) is 0 Å². The summed E-state index contributed by atoms with van der Waals surface area (Å²) >= 11 is 0. The molecule has 4 rings (SSSR count). The van der Waals surface area contributed by atoms with E-state index in [2.05, 4.69) is 34.5 Å². The molecule has 31 heavy (non-hydrogen) atoms. The van der Waals surface area contributed by atoms with Gasteiger partial charge in [-0.3, -0.25) is 9.59 Å². The first-order chi connectivity index (χ1) is 15.0. The molecule has 1 amide bonds. The molecule has 1 aromatic heterocycles. The normalized spacial score (nSPS) is 11.1. The van der Waals surface area contributed by atoms with Gasteiger partial charge in [-0.25, -0.2) is 0 Å². The Bertz CT molecular complexity index is 1270. The summed E-state index contributed by atoms with van der Waals surface area (Å²) in [5.74, 6) is -0.409. The van der Waals surface area contributed by atoms with Gasteiger partial charge >= 0.3 is 0 Å². The van der Waals surface area contributed by atoms with E-state index in [1.54, 1.807) is 24.3 Å². The van der Waals surface area contributed by atoms with Crippen LogP contribution in [0.25, 0.3) is 22.1 Å². The number of rotatable bonds is 6. The Morgan fingerprint density at radius 3 is 2.42 bits per heavy atom. The van der Waals surface area contributed by atoms with E-state index in [9.17, 15) is 9.59 Å². The van der Waals surface area contributed by atoms with Gasteiger partial charge in [0.2, 0.25) is 0 Å². The molecular weight excluding hydrogens is 388 g/mol. The summed E-state index contributed by atoms with van der Waals surface area (Å²) in [7, 11) is 4.09. The van der Waals surface area contributed by atoms with Crippen LogP contribution >= 0.6 is 0 Å². The van der Waals surface area contributed by atoms with Crippen LogP contribution in [0.3, 0.4) is 0 Å². The van der Waals surface area contributed by atoms with E-state index in [0.29, 0.717) is 17.5 Å². The van der Waals surface area contributed by atoms with Crippen LogP contribution in [-0.2, 0) is 13.1 Å². The highest BCUT2D eigenvalue weighted by molar-refractivity contribution is 5.93.